The molecular weight excluding hydrogens is 178 g/mol. The van der Waals surface area contributed by atoms with Gasteiger partial charge in [0.2, 0.25) is 0 Å². The van der Waals surface area contributed by atoms with Crippen LogP contribution in [0.4, 0.5) is 0 Å². The van der Waals surface area contributed by atoms with Crippen molar-refractivity contribution in [3.63, 3.8) is 0 Å². The van der Waals surface area contributed by atoms with Crippen LogP contribution in [0.25, 0.3) is 0 Å². The first-order valence-electron chi connectivity index (χ1n) is 4.82. The Morgan fingerprint density at radius 1 is 1.50 bits per heavy atom. The van der Waals surface area contributed by atoms with Crippen LogP contribution in [0.2, 0.25) is 0 Å². The summed E-state index contributed by atoms with van der Waals surface area (Å²) in [6, 6.07) is 3.47. The van der Waals surface area contributed by atoms with Crippen LogP contribution in [-0.4, -0.2) is 15.9 Å². The maximum atomic E-state index is 11.0. The first-order chi connectivity index (χ1) is 6.62. The van der Waals surface area contributed by atoms with Gasteiger partial charge in [0.15, 0.2) is 5.78 Å². The largest absolute Gasteiger partial charge is 0.384 e. The molecule has 0 radical (unpaired) electrons. The summed E-state index contributed by atoms with van der Waals surface area (Å²) in [6.07, 6.45) is 4.14. The fourth-order valence-corrected chi connectivity index (χ4v) is 1.65. The van der Waals surface area contributed by atoms with Crippen molar-refractivity contribution in [3.8, 4) is 0 Å². The highest BCUT2D eigenvalue weighted by molar-refractivity contribution is 5.93. The third kappa shape index (κ3) is 1.44. The molecule has 2 rings (SSSR count). The Kier molecular flexibility index (Phi) is 2.11. The van der Waals surface area contributed by atoms with Crippen LogP contribution in [0.5, 0.6) is 0 Å². The molecule has 1 aromatic heterocycles. The number of nitrogens with zero attached hydrogens (tertiary/aromatic N) is 1. The topological polar surface area (TPSA) is 50.2 Å². The van der Waals surface area contributed by atoms with Crippen molar-refractivity contribution in [1.29, 1.82) is 0 Å². The molecule has 0 bridgehead atoms. The molecule has 14 heavy (non-hydrogen) atoms. The van der Waals surface area contributed by atoms with E-state index in [2.05, 4.69) is 4.98 Å². The van der Waals surface area contributed by atoms with Crippen LogP contribution >= 0.6 is 0 Å². The molecule has 1 fully saturated rings. The van der Waals surface area contributed by atoms with Gasteiger partial charge in [0.1, 0.15) is 5.60 Å². The first-order valence-corrected chi connectivity index (χ1v) is 4.82. The lowest BCUT2D eigenvalue weighted by atomic mass is 9.77. The molecule has 3 heteroatoms. The van der Waals surface area contributed by atoms with E-state index in [0.29, 0.717) is 11.3 Å². The number of aliphatic hydroxyl groups is 1. The fraction of sp³-hybridized carbons (Fsp3) is 0.455. The molecule has 1 aromatic rings. The van der Waals surface area contributed by atoms with E-state index in [1.807, 2.05) is 0 Å². The van der Waals surface area contributed by atoms with E-state index >= 15 is 0 Å². The van der Waals surface area contributed by atoms with Gasteiger partial charge >= 0.3 is 0 Å². The van der Waals surface area contributed by atoms with E-state index < -0.39 is 5.60 Å². The average Bonchev–Trinajstić information content (AvgIpc) is 2.14. The van der Waals surface area contributed by atoms with Crippen molar-refractivity contribution >= 4 is 5.78 Å². The normalized spacial score (nSPS) is 18.7. The maximum absolute atomic E-state index is 11.0. The third-order valence-corrected chi connectivity index (χ3v) is 2.83. The van der Waals surface area contributed by atoms with Gasteiger partial charge < -0.3 is 5.11 Å². The minimum absolute atomic E-state index is 0.00430. The number of carbonyl (C=O) groups excluding carboxylic acids is 1. The number of pyridine rings is 1. The van der Waals surface area contributed by atoms with E-state index in [1.54, 1.807) is 12.1 Å². The maximum Gasteiger partial charge on any atom is 0.161 e. The Hall–Kier alpha value is -1.22. The van der Waals surface area contributed by atoms with Crippen LogP contribution in [0.1, 0.15) is 42.2 Å². The second kappa shape index (κ2) is 3.17. The van der Waals surface area contributed by atoms with Crippen molar-refractivity contribution in [2.75, 3.05) is 0 Å². The zero-order chi connectivity index (χ0) is 10.2. The molecular formula is C11H13NO2. The molecule has 1 N–H and O–H groups in total. The molecule has 1 aliphatic carbocycles. The molecule has 0 unspecified atom stereocenters. The van der Waals surface area contributed by atoms with E-state index in [-0.39, 0.29) is 5.78 Å². The molecule has 0 saturated heterocycles. The van der Waals surface area contributed by atoms with Crippen molar-refractivity contribution in [2.24, 2.45) is 0 Å². The Morgan fingerprint density at radius 3 is 2.57 bits per heavy atom. The smallest absolute Gasteiger partial charge is 0.161 e. The Morgan fingerprint density at radius 2 is 2.21 bits per heavy atom. The molecule has 1 heterocycles. The highest BCUT2D eigenvalue weighted by Crippen LogP contribution is 2.39. The number of aromatic nitrogens is 1. The summed E-state index contributed by atoms with van der Waals surface area (Å²) < 4.78 is 0. The molecule has 0 spiro atoms. The molecule has 0 aromatic carbocycles. The van der Waals surface area contributed by atoms with Gasteiger partial charge in [-0.3, -0.25) is 9.78 Å². The SMILES string of the molecule is CC(=O)c1ccc(C2(O)CCC2)nc1. The van der Waals surface area contributed by atoms with Gasteiger partial charge in [-0.2, -0.15) is 0 Å². The quantitative estimate of drug-likeness (QED) is 0.723. The lowest BCUT2D eigenvalue weighted by molar-refractivity contribution is -0.0426. The van der Waals surface area contributed by atoms with Crippen molar-refractivity contribution < 1.29 is 9.90 Å². The van der Waals surface area contributed by atoms with Crippen molar-refractivity contribution in [3.05, 3.63) is 29.6 Å². The number of hydrogen-bond acceptors (Lipinski definition) is 3. The predicted molar refractivity (Wildman–Crippen MR) is 52.0 cm³/mol. The van der Waals surface area contributed by atoms with E-state index in [0.717, 1.165) is 19.3 Å². The minimum atomic E-state index is -0.727. The predicted octanol–water partition coefficient (Wildman–Crippen LogP) is 1.66. The molecule has 1 saturated carbocycles. The molecule has 74 valence electrons. The summed E-state index contributed by atoms with van der Waals surface area (Å²) in [6.45, 7) is 1.51. The first kappa shape index (κ1) is 9.34. The Labute approximate surface area is 82.8 Å². The van der Waals surface area contributed by atoms with Crippen molar-refractivity contribution in [2.45, 2.75) is 31.8 Å². The Balaban J connectivity index is 2.25. The number of hydrogen-bond donors (Lipinski definition) is 1. The number of carbonyl (C=O) groups is 1. The van der Waals surface area contributed by atoms with Crippen LogP contribution in [0.3, 0.4) is 0 Å². The van der Waals surface area contributed by atoms with Gasteiger partial charge in [0.05, 0.1) is 5.69 Å². The van der Waals surface area contributed by atoms with Gasteiger partial charge in [-0.25, -0.2) is 0 Å². The summed E-state index contributed by atoms with van der Waals surface area (Å²) in [7, 11) is 0. The average molecular weight is 191 g/mol. The molecule has 1 aliphatic rings. The van der Waals surface area contributed by atoms with Gasteiger partial charge in [-0.05, 0) is 38.3 Å². The summed E-state index contributed by atoms with van der Waals surface area (Å²) in [5.41, 5.74) is 0.556. The minimum Gasteiger partial charge on any atom is -0.384 e. The zero-order valence-electron chi connectivity index (χ0n) is 8.16. The van der Waals surface area contributed by atoms with Gasteiger partial charge in [-0.15, -0.1) is 0 Å². The number of rotatable bonds is 2. The highest BCUT2D eigenvalue weighted by Gasteiger charge is 2.37. The van der Waals surface area contributed by atoms with E-state index in [4.69, 9.17) is 0 Å². The summed E-state index contributed by atoms with van der Waals surface area (Å²) in [5, 5.41) is 9.96. The second-order valence-corrected chi connectivity index (χ2v) is 3.87. The number of ketones is 1. The highest BCUT2D eigenvalue weighted by atomic mass is 16.3. The fourth-order valence-electron chi connectivity index (χ4n) is 1.65. The summed E-state index contributed by atoms with van der Waals surface area (Å²) in [5.74, 6) is 0.00430. The summed E-state index contributed by atoms with van der Waals surface area (Å²) in [4.78, 5) is 15.1. The third-order valence-electron chi connectivity index (χ3n) is 2.83. The monoisotopic (exact) mass is 191 g/mol. The molecule has 0 aliphatic heterocycles. The lowest BCUT2D eigenvalue weighted by Crippen LogP contribution is -2.34. The second-order valence-electron chi connectivity index (χ2n) is 3.87. The van der Waals surface area contributed by atoms with Crippen LogP contribution in [0.15, 0.2) is 18.3 Å². The van der Waals surface area contributed by atoms with Crippen LogP contribution < -0.4 is 0 Å². The molecule has 3 nitrogen and oxygen atoms in total. The van der Waals surface area contributed by atoms with Crippen LogP contribution in [-0.2, 0) is 5.60 Å². The van der Waals surface area contributed by atoms with Crippen molar-refractivity contribution in [1.82, 2.24) is 4.98 Å². The lowest BCUT2D eigenvalue weighted by Gasteiger charge is -2.35. The Bertz CT molecular complexity index is 352. The zero-order valence-corrected chi connectivity index (χ0v) is 8.16. The van der Waals surface area contributed by atoms with E-state index in [1.165, 1.54) is 13.1 Å². The molecule has 0 amide bonds. The van der Waals surface area contributed by atoms with Gasteiger partial charge in [0, 0.05) is 11.8 Å². The van der Waals surface area contributed by atoms with E-state index in [9.17, 15) is 9.90 Å². The standard InChI is InChI=1S/C11H13NO2/c1-8(13)9-3-4-10(12-7-9)11(14)5-2-6-11/h3-4,7,14H,2,5-6H2,1H3. The van der Waals surface area contributed by atoms with Gasteiger partial charge in [0.25, 0.3) is 0 Å². The molecule has 0 atom stereocenters. The number of Topliss-reactive ketones (excluding diaryl/α,β-unsaturated/α-hetero) is 1. The van der Waals surface area contributed by atoms with Gasteiger partial charge in [-0.1, -0.05) is 0 Å². The summed E-state index contributed by atoms with van der Waals surface area (Å²) >= 11 is 0. The van der Waals surface area contributed by atoms with Crippen LogP contribution in [0, 0.1) is 0 Å².